The van der Waals surface area contributed by atoms with Crippen LogP contribution in [0, 0.1) is 0 Å². The number of anilines is 9. The van der Waals surface area contributed by atoms with Gasteiger partial charge in [-0.3, -0.25) is 4.90 Å². The second-order valence-corrected chi connectivity index (χ2v) is 15.4. The number of benzene rings is 7. The van der Waals surface area contributed by atoms with Gasteiger partial charge in [0.05, 0.1) is 5.69 Å². The predicted molar refractivity (Wildman–Crippen MR) is 228 cm³/mol. The molecule has 7 aromatic carbocycles. The van der Waals surface area contributed by atoms with Crippen molar-refractivity contribution in [3.63, 3.8) is 0 Å². The summed E-state index contributed by atoms with van der Waals surface area (Å²) in [6.07, 6.45) is 0. The Morgan fingerprint density at radius 3 is 1.56 bits per heavy atom. The highest BCUT2D eigenvalue weighted by atomic mass is 32.2. The number of para-hydroxylation sites is 4. The molecule has 0 radical (unpaired) electrons. The van der Waals surface area contributed by atoms with Gasteiger partial charge < -0.3 is 9.80 Å². The molecule has 0 saturated carbocycles. The monoisotopic (exact) mass is 704 g/mol. The van der Waals surface area contributed by atoms with Gasteiger partial charge in [-0.05, 0) is 101 Å². The van der Waals surface area contributed by atoms with Crippen LogP contribution in [-0.4, -0.2) is 18.4 Å². The molecule has 0 saturated heterocycles. The number of hydrogen-bond donors (Lipinski definition) is 0. The highest BCUT2D eigenvalue weighted by molar-refractivity contribution is 8.00. The molecule has 0 atom stereocenters. The van der Waals surface area contributed by atoms with Gasteiger partial charge in [0.15, 0.2) is 0 Å². The first-order chi connectivity index (χ1) is 26.8. The average molecular weight is 704 g/mol. The molecule has 0 bridgehead atoms. The van der Waals surface area contributed by atoms with E-state index in [9.17, 15) is 0 Å². The third-order valence-corrected chi connectivity index (χ3v) is 12.6. The summed E-state index contributed by atoms with van der Waals surface area (Å²) < 4.78 is 0. The van der Waals surface area contributed by atoms with Crippen molar-refractivity contribution in [1.29, 1.82) is 0 Å². The Balaban J connectivity index is 1.20. The topological polar surface area (TPSA) is 22.6 Å². The summed E-state index contributed by atoms with van der Waals surface area (Å²) in [6.45, 7) is -0.0360. The number of rotatable bonds is 3. The van der Waals surface area contributed by atoms with E-state index in [1.54, 1.807) is 0 Å². The molecule has 0 spiro atoms. The second kappa shape index (κ2) is 11.5. The zero-order valence-corrected chi connectivity index (χ0v) is 30.0. The molecular formula is C47H30B2N4S. The van der Waals surface area contributed by atoms with Gasteiger partial charge in [-0.15, -0.1) is 0 Å². The van der Waals surface area contributed by atoms with E-state index in [2.05, 4.69) is 197 Å². The molecule has 250 valence electrons. The van der Waals surface area contributed by atoms with E-state index in [4.69, 9.17) is 4.98 Å². The molecule has 1 aromatic heterocycles. The van der Waals surface area contributed by atoms with E-state index in [1.165, 1.54) is 59.9 Å². The van der Waals surface area contributed by atoms with Crippen LogP contribution in [0.15, 0.2) is 192 Å². The van der Waals surface area contributed by atoms with Gasteiger partial charge in [0.2, 0.25) is 0 Å². The van der Waals surface area contributed by atoms with Crippen molar-refractivity contribution in [3.05, 3.63) is 182 Å². The highest BCUT2D eigenvalue weighted by Gasteiger charge is 2.47. The quantitative estimate of drug-likeness (QED) is 0.174. The van der Waals surface area contributed by atoms with Crippen molar-refractivity contribution in [2.24, 2.45) is 0 Å². The summed E-state index contributed by atoms with van der Waals surface area (Å²) in [6, 6.07) is 66.3. The number of fused-ring (bicyclic) bond motifs is 8. The Hall–Kier alpha value is -6.43. The number of hydrogen-bond acceptors (Lipinski definition) is 5. The predicted octanol–water partition coefficient (Wildman–Crippen LogP) is 7.93. The lowest BCUT2D eigenvalue weighted by atomic mass is 9.33. The Morgan fingerprint density at radius 2 is 0.870 bits per heavy atom. The maximum absolute atomic E-state index is 5.99. The minimum Gasteiger partial charge on any atom is -0.311 e. The van der Waals surface area contributed by atoms with E-state index in [0.29, 0.717) is 0 Å². The zero-order chi connectivity index (χ0) is 35.3. The van der Waals surface area contributed by atoms with E-state index in [-0.39, 0.29) is 13.4 Å². The van der Waals surface area contributed by atoms with Crippen molar-refractivity contribution in [3.8, 4) is 0 Å². The van der Waals surface area contributed by atoms with Crippen molar-refractivity contribution in [1.82, 2.24) is 4.98 Å². The van der Waals surface area contributed by atoms with Crippen LogP contribution in [0.2, 0.25) is 0 Å². The Bertz CT molecular complexity index is 2800. The second-order valence-electron chi connectivity index (χ2n) is 14.3. The van der Waals surface area contributed by atoms with Gasteiger partial charge in [-0.1, -0.05) is 120 Å². The maximum atomic E-state index is 5.99. The molecular weight excluding hydrogens is 674 g/mol. The minimum atomic E-state index is -0.0767. The van der Waals surface area contributed by atoms with Crippen LogP contribution in [0.3, 0.4) is 0 Å². The fourth-order valence-electron chi connectivity index (χ4n) is 9.34. The van der Waals surface area contributed by atoms with Crippen LogP contribution in [0.25, 0.3) is 0 Å². The molecule has 4 aliphatic heterocycles. The van der Waals surface area contributed by atoms with E-state index in [0.717, 1.165) is 34.2 Å². The minimum absolute atomic E-state index is 0.0407. The van der Waals surface area contributed by atoms with Crippen LogP contribution in [0.4, 0.5) is 51.3 Å². The number of nitrogens with zero attached hydrogens (tertiary/aromatic N) is 4. The fraction of sp³-hybridized carbons (Fsp3) is 0. The molecule has 5 heterocycles. The third-order valence-electron chi connectivity index (χ3n) is 11.5. The van der Waals surface area contributed by atoms with Crippen molar-refractivity contribution in [2.45, 2.75) is 9.79 Å². The van der Waals surface area contributed by atoms with Gasteiger partial charge in [-0.25, -0.2) is 4.98 Å². The molecule has 4 aliphatic rings. The Kier molecular flexibility index (Phi) is 6.42. The summed E-state index contributed by atoms with van der Waals surface area (Å²) in [5, 5.41) is 0. The Labute approximate surface area is 319 Å². The largest absolute Gasteiger partial charge is 0.311 e. The molecule has 0 aliphatic carbocycles. The van der Waals surface area contributed by atoms with E-state index >= 15 is 0 Å². The highest BCUT2D eigenvalue weighted by Crippen LogP contribution is 2.46. The molecule has 4 nitrogen and oxygen atoms in total. The summed E-state index contributed by atoms with van der Waals surface area (Å²) >= 11 is 1.88. The van der Waals surface area contributed by atoms with Crippen LogP contribution < -0.4 is 47.6 Å². The van der Waals surface area contributed by atoms with Gasteiger partial charge >= 0.3 is 0 Å². The first kappa shape index (κ1) is 30.1. The average Bonchev–Trinajstić information content (AvgIpc) is 3.24. The third kappa shape index (κ3) is 4.16. The summed E-state index contributed by atoms with van der Waals surface area (Å²) in [5.41, 5.74) is 16.8. The van der Waals surface area contributed by atoms with Crippen molar-refractivity contribution in [2.75, 3.05) is 14.7 Å². The van der Waals surface area contributed by atoms with E-state index < -0.39 is 0 Å². The summed E-state index contributed by atoms with van der Waals surface area (Å²) in [5.74, 6) is 0.994. The lowest BCUT2D eigenvalue weighted by Crippen LogP contribution is -2.65. The van der Waals surface area contributed by atoms with E-state index in [1.807, 2.05) is 11.8 Å². The molecule has 12 rings (SSSR count). The van der Waals surface area contributed by atoms with Gasteiger partial charge in [0.25, 0.3) is 13.4 Å². The Morgan fingerprint density at radius 1 is 0.370 bits per heavy atom. The summed E-state index contributed by atoms with van der Waals surface area (Å²) in [7, 11) is 0. The molecule has 0 fully saturated rings. The first-order valence-corrected chi connectivity index (χ1v) is 19.4. The van der Waals surface area contributed by atoms with Gasteiger partial charge in [0, 0.05) is 55.2 Å². The van der Waals surface area contributed by atoms with Crippen LogP contribution in [0.1, 0.15) is 0 Å². The van der Waals surface area contributed by atoms with Crippen molar-refractivity contribution < 1.29 is 0 Å². The van der Waals surface area contributed by atoms with Gasteiger partial charge in [-0.2, -0.15) is 0 Å². The maximum Gasteiger partial charge on any atom is 0.275 e. The number of pyridine rings is 1. The molecule has 0 unspecified atom stereocenters. The van der Waals surface area contributed by atoms with Gasteiger partial charge in [0.1, 0.15) is 5.82 Å². The normalized spacial score (nSPS) is 14.0. The lowest BCUT2D eigenvalue weighted by molar-refractivity contribution is 1.17. The summed E-state index contributed by atoms with van der Waals surface area (Å²) in [4.78, 5) is 15.9. The first-order valence-electron chi connectivity index (χ1n) is 18.6. The standard InChI is InChI=1S/C47H30B2N4S/c1-4-16-31(17-5-1)51-37-24-12-10-22-34(37)49-44-38(51)25-14-26-39(44)52(32-18-6-2-7-19-32)41-30-36-47(50-46(41)49)53(33-20-8-3-9-21-33)40-27-15-29-43-45(40)48(36)35-23-11-13-28-42(35)54-43/h1-30H. The molecule has 0 N–H and O–H groups in total. The fourth-order valence-corrected chi connectivity index (χ4v) is 10.5. The van der Waals surface area contributed by atoms with Crippen molar-refractivity contribution >= 4 is 109 Å². The van der Waals surface area contributed by atoms with Crippen LogP contribution >= 0.6 is 11.8 Å². The zero-order valence-electron chi connectivity index (χ0n) is 29.2. The lowest BCUT2D eigenvalue weighted by Gasteiger charge is -2.45. The number of aromatic nitrogens is 1. The smallest absolute Gasteiger partial charge is 0.275 e. The molecule has 8 aromatic rings. The molecule has 7 heteroatoms. The molecule has 54 heavy (non-hydrogen) atoms. The van der Waals surface area contributed by atoms with Crippen LogP contribution in [0.5, 0.6) is 0 Å². The SMILES string of the molecule is c1ccc(N2c3ccccc3B3c4nc5c(cc4N(c4ccccc4)c4cccc2c43)B2c3ccccc3Sc3cccc(c32)N5c2ccccc2)cc1. The van der Waals surface area contributed by atoms with Crippen LogP contribution in [-0.2, 0) is 0 Å². The molecule has 0 amide bonds.